The van der Waals surface area contributed by atoms with Crippen LogP contribution >= 0.6 is 0 Å². The molecule has 0 amide bonds. The van der Waals surface area contributed by atoms with Gasteiger partial charge in [-0.15, -0.1) is 0 Å². The number of fused-ring (bicyclic) bond motifs is 2. The zero-order valence-corrected chi connectivity index (χ0v) is 13.8. The van der Waals surface area contributed by atoms with Gasteiger partial charge in [-0.1, -0.05) is 78.9 Å². The minimum Gasteiger partial charge on any atom is -0.480 e. The van der Waals surface area contributed by atoms with E-state index in [0.717, 1.165) is 16.3 Å². The van der Waals surface area contributed by atoms with Gasteiger partial charge in [-0.05, 0) is 27.5 Å². The second kappa shape index (κ2) is 5.85. The van der Waals surface area contributed by atoms with Crippen molar-refractivity contribution >= 4 is 22.7 Å². The molecule has 0 spiro atoms. The molecule has 0 saturated carbocycles. The van der Waals surface area contributed by atoms with Crippen molar-refractivity contribution < 1.29 is 19.8 Å². The number of carboxylic acids is 2. The number of hydrogen-bond donors (Lipinski definition) is 2. The monoisotopic (exact) mass is 344 g/mol. The Morgan fingerprint density at radius 2 is 1.62 bits per heavy atom. The number of hydrogen-bond acceptors (Lipinski definition) is 2. The van der Waals surface area contributed by atoms with Crippen LogP contribution in [0.2, 0.25) is 0 Å². The Hall–Kier alpha value is -3.40. The first-order chi connectivity index (χ1) is 12.6. The first-order valence-electron chi connectivity index (χ1n) is 8.29. The minimum absolute atomic E-state index is 0.205. The fourth-order valence-corrected chi connectivity index (χ4v) is 3.83. The molecule has 4 rings (SSSR count). The largest absolute Gasteiger partial charge is 0.480 e. The third-order valence-corrected chi connectivity index (χ3v) is 5.09. The van der Waals surface area contributed by atoms with E-state index in [-0.39, 0.29) is 5.92 Å². The van der Waals surface area contributed by atoms with E-state index < -0.39 is 17.4 Å². The standard InChI is InChI=1S/C22H16O4/c23-20(24)22(21(25)26)13-5-11-18-17(10-4-12-19(18)22)16-9-3-7-14-6-1-2-8-15(14)16/h1-13,17H,(H,23,24)(H,25,26). The zero-order chi connectivity index (χ0) is 18.3. The van der Waals surface area contributed by atoms with Crippen molar-refractivity contribution in [2.24, 2.45) is 5.41 Å². The third-order valence-electron chi connectivity index (χ3n) is 5.09. The molecule has 2 aliphatic rings. The van der Waals surface area contributed by atoms with Crippen LogP contribution in [0.3, 0.4) is 0 Å². The highest BCUT2D eigenvalue weighted by atomic mass is 16.4. The maximum Gasteiger partial charge on any atom is 0.329 e. The van der Waals surface area contributed by atoms with Gasteiger partial charge in [0, 0.05) is 5.92 Å². The normalized spacial score (nSPS) is 20.2. The first-order valence-corrected chi connectivity index (χ1v) is 8.29. The average molecular weight is 344 g/mol. The summed E-state index contributed by atoms with van der Waals surface area (Å²) in [6, 6.07) is 14.0. The second-order valence-electron chi connectivity index (χ2n) is 6.41. The molecular formula is C22H16O4. The molecule has 0 radical (unpaired) electrons. The topological polar surface area (TPSA) is 74.6 Å². The van der Waals surface area contributed by atoms with Crippen molar-refractivity contribution in [1.82, 2.24) is 0 Å². The van der Waals surface area contributed by atoms with Gasteiger partial charge in [0.25, 0.3) is 0 Å². The maximum atomic E-state index is 11.9. The third kappa shape index (κ3) is 2.15. The summed E-state index contributed by atoms with van der Waals surface area (Å²) < 4.78 is 0. The lowest BCUT2D eigenvalue weighted by atomic mass is 9.67. The SMILES string of the molecule is O=C(O)C1(C(=O)O)C=CC=C2C1=CC=CC2c1cccc2ccccc12. The fourth-order valence-electron chi connectivity index (χ4n) is 3.83. The molecule has 2 aliphatic carbocycles. The molecule has 128 valence electrons. The molecule has 26 heavy (non-hydrogen) atoms. The first kappa shape index (κ1) is 16.1. The Morgan fingerprint density at radius 3 is 2.38 bits per heavy atom. The summed E-state index contributed by atoms with van der Waals surface area (Å²) in [4.78, 5) is 23.8. The van der Waals surface area contributed by atoms with Crippen molar-refractivity contribution in [1.29, 1.82) is 0 Å². The predicted octanol–water partition coefficient (Wildman–Crippen LogP) is 4.07. The summed E-state index contributed by atoms with van der Waals surface area (Å²) in [5.74, 6) is -2.97. The van der Waals surface area contributed by atoms with Crippen molar-refractivity contribution in [3.63, 3.8) is 0 Å². The van der Waals surface area contributed by atoms with E-state index in [9.17, 15) is 19.8 Å². The molecule has 2 aromatic rings. The van der Waals surface area contributed by atoms with E-state index in [1.165, 1.54) is 12.2 Å². The van der Waals surface area contributed by atoms with E-state index in [1.54, 1.807) is 12.2 Å². The zero-order valence-electron chi connectivity index (χ0n) is 13.8. The number of benzene rings is 2. The molecule has 1 atom stereocenters. The van der Waals surface area contributed by atoms with Crippen LogP contribution in [0.1, 0.15) is 11.5 Å². The number of allylic oxidation sites excluding steroid dienone is 6. The second-order valence-corrected chi connectivity index (χ2v) is 6.41. The molecule has 0 fully saturated rings. The molecule has 2 aromatic carbocycles. The van der Waals surface area contributed by atoms with E-state index in [0.29, 0.717) is 11.1 Å². The summed E-state index contributed by atoms with van der Waals surface area (Å²) in [5.41, 5.74) is -0.0229. The molecule has 0 saturated heterocycles. The van der Waals surface area contributed by atoms with Crippen molar-refractivity contribution in [2.45, 2.75) is 5.92 Å². The molecular weight excluding hydrogens is 328 g/mol. The predicted molar refractivity (Wildman–Crippen MR) is 98.8 cm³/mol. The van der Waals surface area contributed by atoms with E-state index in [4.69, 9.17) is 0 Å². The molecule has 0 aliphatic heterocycles. The number of aliphatic carboxylic acids is 2. The quantitative estimate of drug-likeness (QED) is 0.823. The summed E-state index contributed by atoms with van der Waals surface area (Å²) in [6.45, 7) is 0. The van der Waals surface area contributed by atoms with Crippen molar-refractivity contribution in [3.05, 3.63) is 95.6 Å². The van der Waals surface area contributed by atoms with Gasteiger partial charge in [0.15, 0.2) is 0 Å². The van der Waals surface area contributed by atoms with Crippen LogP contribution in [-0.2, 0) is 9.59 Å². The van der Waals surface area contributed by atoms with Crippen LogP contribution in [0, 0.1) is 5.41 Å². The van der Waals surface area contributed by atoms with Gasteiger partial charge >= 0.3 is 11.9 Å². The molecule has 0 heterocycles. The van der Waals surface area contributed by atoms with Gasteiger partial charge in [0.1, 0.15) is 0 Å². The molecule has 4 heteroatoms. The van der Waals surface area contributed by atoms with Crippen LogP contribution in [0.15, 0.2) is 90.1 Å². The van der Waals surface area contributed by atoms with Gasteiger partial charge in [0.05, 0.1) is 0 Å². The lowest BCUT2D eigenvalue weighted by Crippen LogP contribution is -2.41. The van der Waals surface area contributed by atoms with Crippen molar-refractivity contribution in [2.75, 3.05) is 0 Å². The lowest BCUT2D eigenvalue weighted by Gasteiger charge is -2.34. The van der Waals surface area contributed by atoms with Crippen LogP contribution in [0.4, 0.5) is 0 Å². The Balaban J connectivity index is 1.91. The maximum absolute atomic E-state index is 11.9. The molecule has 0 bridgehead atoms. The van der Waals surface area contributed by atoms with E-state index in [1.807, 2.05) is 54.6 Å². The van der Waals surface area contributed by atoms with Crippen molar-refractivity contribution in [3.8, 4) is 0 Å². The molecule has 0 aromatic heterocycles. The summed E-state index contributed by atoms with van der Waals surface area (Å²) >= 11 is 0. The summed E-state index contributed by atoms with van der Waals surface area (Å²) in [6.07, 6.45) is 9.91. The summed E-state index contributed by atoms with van der Waals surface area (Å²) in [7, 11) is 0. The lowest BCUT2D eigenvalue weighted by molar-refractivity contribution is -0.157. The van der Waals surface area contributed by atoms with Gasteiger partial charge < -0.3 is 10.2 Å². The number of carboxylic acid groups (broad SMARTS) is 2. The Kier molecular flexibility index (Phi) is 3.62. The van der Waals surface area contributed by atoms with Crippen LogP contribution in [-0.4, -0.2) is 22.2 Å². The highest BCUT2D eigenvalue weighted by molar-refractivity contribution is 6.06. The molecule has 1 unspecified atom stereocenters. The molecule has 2 N–H and O–H groups in total. The smallest absolute Gasteiger partial charge is 0.329 e. The Morgan fingerprint density at radius 1 is 0.885 bits per heavy atom. The average Bonchev–Trinajstić information content (AvgIpc) is 2.66. The highest BCUT2D eigenvalue weighted by Gasteiger charge is 2.51. The van der Waals surface area contributed by atoms with Crippen LogP contribution in [0.5, 0.6) is 0 Å². The fraction of sp³-hybridized carbons (Fsp3) is 0.0909. The van der Waals surface area contributed by atoms with Gasteiger partial charge in [0.2, 0.25) is 5.41 Å². The van der Waals surface area contributed by atoms with Crippen LogP contribution < -0.4 is 0 Å². The highest BCUT2D eigenvalue weighted by Crippen LogP contribution is 2.47. The van der Waals surface area contributed by atoms with Gasteiger partial charge in [-0.25, -0.2) is 0 Å². The minimum atomic E-state index is -2.06. The molecule has 4 nitrogen and oxygen atoms in total. The number of carbonyl (C=O) groups is 2. The number of rotatable bonds is 3. The van der Waals surface area contributed by atoms with Crippen LogP contribution in [0.25, 0.3) is 10.8 Å². The summed E-state index contributed by atoms with van der Waals surface area (Å²) in [5, 5.41) is 21.6. The van der Waals surface area contributed by atoms with Gasteiger partial charge in [-0.2, -0.15) is 0 Å². The van der Waals surface area contributed by atoms with E-state index >= 15 is 0 Å². The Labute approximate surface area is 150 Å². The Bertz CT molecular complexity index is 1030. The van der Waals surface area contributed by atoms with E-state index in [2.05, 4.69) is 0 Å². The van der Waals surface area contributed by atoms with Gasteiger partial charge in [-0.3, -0.25) is 9.59 Å².